The molecule has 11 atom stereocenters. The maximum Gasteiger partial charge on any atom is 0.306 e. The second-order valence-corrected chi connectivity index (χ2v) is 21.9. The molecule has 2 saturated heterocycles. The maximum absolute atomic E-state index is 13.1. The fourth-order valence-corrected chi connectivity index (χ4v) is 9.87. The van der Waals surface area contributed by atoms with Crippen LogP contribution in [0.15, 0.2) is 48.6 Å². The van der Waals surface area contributed by atoms with Gasteiger partial charge in [0.2, 0.25) is 0 Å². The van der Waals surface area contributed by atoms with Crippen molar-refractivity contribution in [2.24, 2.45) is 0 Å². The molecule has 0 aliphatic carbocycles. The first-order chi connectivity index (χ1) is 37.6. The minimum Gasteiger partial charge on any atom is -0.457 e. The number of aliphatic hydroxyl groups is 7. The molecule has 0 saturated carbocycles. The van der Waals surface area contributed by atoms with Crippen LogP contribution in [0.3, 0.4) is 0 Å². The second kappa shape index (κ2) is 49.7. The van der Waals surface area contributed by atoms with E-state index in [1.54, 1.807) is 0 Å². The molecule has 0 aromatic rings. The fraction of sp³-hybridized carbons (Fsp3) is 0.857. The smallest absolute Gasteiger partial charge is 0.306 e. The zero-order valence-corrected chi connectivity index (χ0v) is 48.4. The highest BCUT2D eigenvalue weighted by molar-refractivity contribution is 5.69. The molecule has 2 fully saturated rings. The Morgan fingerprint density at radius 2 is 0.844 bits per heavy atom. The molecule has 77 heavy (non-hydrogen) atoms. The van der Waals surface area contributed by atoms with Crippen LogP contribution in [0.2, 0.25) is 0 Å². The van der Waals surface area contributed by atoms with Crippen LogP contribution in [0.25, 0.3) is 0 Å². The quantitative estimate of drug-likeness (QED) is 0.0172. The molecule has 0 amide bonds. The first kappa shape index (κ1) is 71.1. The van der Waals surface area contributed by atoms with Gasteiger partial charge in [-0.1, -0.05) is 236 Å². The van der Waals surface area contributed by atoms with Crippen LogP contribution in [-0.2, 0) is 33.2 Å². The van der Waals surface area contributed by atoms with E-state index in [0.29, 0.717) is 13.0 Å². The summed E-state index contributed by atoms with van der Waals surface area (Å²) in [6.07, 6.45) is 44.6. The summed E-state index contributed by atoms with van der Waals surface area (Å²) >= 11 is 0. The van der Waals surface area contributed by atoms with E-state index in [1.165, 1.54) is 148 Å². The minimum absolute atomic E-state index is 0.0624. The molecule has 0 spiro atoms. The number of carbonyl (C=O) groups is 1. The lowest BCUT2D eigenvalue weighted by Crippen LogP contribution is -2.61. The Morgan fingerprint density at radius 1 is 0.442 bits per heavy atom. The van der Waals surface area contributed by atoms with Crippen molar-refractivity contribution in [3.05, 3.63) is 48.6 Å². The molecule has 2 heterocycles. The molecule has 2 aliphatic heterocycles. The summed E-state index contributed by atoms with van der Waals surface area (Å²) in [5.74, 6) is -0.377. The Hall–Kier alpha value is -2.05. The zero-order valence-electron chi connectivity index (χ0n) is 48.4. The van der Waals surface area contributed by atoms with Crippen LogP contribution in [0.1, 0.15) is 245 Å². The van der Waals surface area contributed by atoms with Crippen molar-refractivity contribution in [3.8, 4) is 0 Å². The molecule has 450 valence electrons. The molecule has 0 radical (unpaired) electrons. The summed E-state index contributed by atoms with van der Waals surface area (Å²) in [6, 6.07) is 0. The zero-order chi connectivity index (χ0) is 55.8. The van der Waals surface area contributed by atoms with Crippen molar-refractivity contribution >= 4 is 5.97 Å². The SMILES string of the molecule is CC/C=C\C/C=C\C/C=C\C/C=C\CCCCCCCCCCCCC(=O)OC(COCCCCCCCCCCCCCCCCCCCCCC)COC1OC(COC2OC(CO)C(O)C(O)C2O)C(O)C(O)C1O. The second-order valence-electron chi connectivity index (χ2n) is 21.9. The van der Waals surface area contributed by atoms with Crippen LogP contribution in [0, 0.1) is 0 Å². The lowest BCUT2D eigenvalue weighted by atomic mass is 9.98. The monoisotopic (exact) mass is 1090 g/mol. The lowest BCUT2D eigenvalue weighted by Gasteiger charge is -2.42. The topological polar surface area (TPSA) is 214 Å². The third-order valence-corrected chi connectivity index (χ3v) is 14.9. The molecular formula is C63H114O14. The van der Waals surface area contributed by atoms with E-state index in [9.17, 15) is 40.5 Å². The van der Waals surface area contributed by atoms with Gasteiger partial charge in [-0.15, -0.1) is 0 Å². The maximum atomic E-state index is 13.1. The molecule has 2 rings (SSSR count). The van der Waals surface area contributed by atoms with E-state index in [-0.39, 0.29) is 25.6 Å². The van der Waals surface area contributed by atoms with Gasteiger partial charge in [-0.2, -0.15) is 0 Å². The van der Waals surface area contributed by atoms with Crippen LogP contribution in [0.4, 0.5) is 0 Å². The molecule has 11 unspecified atom stereocenters. The van der Waals surface area contributed by atoms with Gasteiger partial charge in [0.05, 0.1) is 26.4 Å². The largest absolute Gasteiger partial charge is 0.457 e. The molecule has 14 nitrogen and oxygen atoms in total. The van der Waals surface area contributed by atoms with Crippen molar-refractivity contribution in [1.82, 2.24) is 0 Å². The summed E-state index contributed by atoms with van der Waals surface area (Å²) in [4.78, 5) is 13.1. The van der Waals surface area contributed by atoms with Crippen LogP contribution in [-0.4, -0.2) is 142 Å². The summed E-state index contributed by atoms with van der Waals surface area (Å²) < 4.78 is 34.5. The molecule has 7 N–H and O–H groups in total. The average Bonchev–Trinajstić information content (AvgIpc) is 3.43. The summed E-state index contributed by atoms with van der Waals surface area (Å²) in [5.41, 5.74) is 0. The van der Waals surface area contributed by atoms with Crippen molar-refractivity contribution < 1.29 is 69.0 Å². The minimum atomic E-state index is -1.71. The molecule has 0 aromatic heterocycles. The molecule has 14 heteroatoms. The number of aliphatic hydroxyl groups excluding tert-OH is 7. The predicted octanol–water partition coefficient (Wildman–Crippen LogP) is 11.9. The first-order valence-corrected chi connectivity index (χ1v) is 31.2. The normalized spacial score (nSPS) is 24.6. The average molecular weight is 1100 g/mol. The van der Waals surface area contributed by atoms with E-state index in [1.807, 2.05) is 0 Å². The van der Waals surface area contributed by atoms with Crippen LogP contribution >= 0.6 is 0 Å². The highest BCUT2D eigenvalue weighted by Crippen LogP contribution is 2.27. The number of hydrogen-bond donors (Lipinski definition) is 7. The van der Waals surface area contributed by atoms with Gasteiger partial charge in [0.15, 0.2) is 12.6 Å². The number of carbonyl (C=O) groups excluding carboxylic acids is 1. The van der Waals surface area contributed by atoms with E-state index < -0.39 is 80.7 Å². The number of esters is 1. The number of allylic oxidation sites excluding steroid dienone is 8. The van der Waals surface area contributed by atoms with Gasteiger partial charge in [-0.25, -0.2) is 0 Å². The highest BCUT2D eigenvalue weighted by atomic mass is 16.7. The van der Waals surface area contributed by atoms with Crippen molar-refractivity contribution in [2.45, 2.75) is 313 Å². The summed E-state index contributed by atoms with van der Waals surface area (Å²) in [6.45, 7) is 3.62. The molecule has 0 bridgehead atoms. The number of ether oxygens (including phenoxy) is 6. The van der Waals surface area contributed by atoms with E-state index >= 15 is 0 Å². The summed E-state index contributed by atoms with van der Waals surface area (Å²) in [7, 11) is 0. The van der Waals surface area contributed by atoms with Gasteiger partial charge in [0, 0.05) is 13.0 Å². The number of hydrogen-bond acceptors (Lipinski definition) is 14. The van der Waals surface area contributed by atoms with Crippen molar-refractivity contribution in [2.75, 3.05) is 33.0 Å². The Morgan fingerprint density at radius 3 is 1.32 bits per heavy atom. The van der Waals surface area contributed by atoms with E-state index in [2.05, 4.69) is 62.5 Å². The Bertz CT molecular complexity index is 1460. The Balaban J connectivity index is 1.68. The highest BCUT2D eigenvalue weighted by Gasteiger charge is 2.47. The Labute approximate surface area is 467 Å². The van der Waals surface area contributed by atoms with Crippen LogP contribution < -0.4 is 0 Å². The Kier molecular flexibility index (Phi) is 45.9. The van der Waals surface area contributed by atoms with E-state index in [4.69, 9.17) is 28.4 Å². The van der Waals surface area contributed by atoms with Crippen molar-refractivity contribution in [1.29, 1.82) is 0 Å². The standard InChI is InChI=1S/C63H114O14/c1-3-5-7-9-11-13-15-17-19-21-23-25-26-27-28-30-32-34-36-38-40-42-44-46-55(65)75-52(49-72-47-45-43-41-39-37-35-33-31-29-24-22-20-18-16-14-12-10-8-6-4-2)50-73-62-61(71)59(69)57(67)54(77-62)51-74-63-60(70)58(68)56(66)53(48-64)76-63/h5,7,11,13,17,19,23,25,52-54,56-64,66-71H,3-4,6,8-10,12,14-16,18,20-22,24,26-51H2,1-2H3/b7-5-,13-11-,19-17-,25-23-. The van der Waals surface area contributed by atoms with Gasteiger partial charge >= 0.3 is 5.97 Å². The van der Waals surface area contributed by atoms with Gasteiger partial charge in [-0.3, -0.25) is 4.79 Å². The number of rotatable bonds is 51. The molecule has 0 aromatic carbocycles. The van der Waals surface area contributed by atoms with Gasteiger partial charge in [0.1, 0.15) is 54.9 Å². The lowest BCUT2D eigenvalue weighted by molar-refractivity contribution is -0.332. The molecule has 2 aliphatic rings. The first-order valence-electron chi connectivity index (χ1n) is 31.2. The van der Waals surface area contributed by atoms with Gasteiger partial charge < -0.3 is 64.2 Å². The fourth-order valence-electron chi connectivity index (χ4n) is 9.87. The predicted molar refractivity (Wildman–Crippen MR) is 307 cm³/mol. The van der Waals surface area contributed by atoms with Crippen LogP contribution in [0.5, 0.6) is 0 Å². The number of unbranched alkanes of at least 4 members (excludes halogenated alkanes) is 29. The molecular weight excluding hydrogens is 981 g/mol. The van der Waals surface area contributed by atoms with Gasteiger partial charge in [0.25, 0.3) is 0 Å². The third-order valence-electron chi connectivity index (χ3n) is 14.9. The van der Waals surface area contributed by atoms with Crippen molar-refractivity contribution in [3.63, 3.8) is 0 Å². The summed E-state index contributed by atoms with van der Waals surface area (Å²) in [5, 5.41) is 72.5. The third kappa shape index (κ3) is 36.1. The van der Waals surface area contributed by atoms with Gasteiger partial charge in [-0.05, 0) is 51.4 Å². The van der Waals surface area contributed by atoms with E-state index in [0.717, 1.165) is 70.6 Å².